The van der Waals surface area contributed by atoms with Gasteiger partial charge in [0.25, 0.3) is 0 Å². The van der Waals surface area contributed by atoms with E-state index in [4.69, 9.17) is 4.42 Å². The molecule has 0 radical (unpaired) electrons. The molecule has 0 aliphatic carbocycles. The molecule has 0 aromatic carbocycles. The molecule has 1 fully saturated rings. The van der Waals surface area contributed by atoms with Crippen molar-refractivity contribution in [3.63, 3.8) is 0 Å². The molecule has 5 nitrogen and oxygen atoms in total. The Morgan fingerprint density at radius 3 is 2.94 bits per heavy atom. The first kappa shape index (κ1) is 13.6. The maximum absolute atomic E-state index is 12.2. The zero-order valence-corrected chi connectivity index (χ0v) is 11.4. The second kappa shape index (κ2) is 5.86. The number of hydrogen-bond acceptors (Lipinski definition) is 4. The highest BCUT2D eigenvalue weighted by Crippen LogP contribution is 2.13. The summed E-state index contributed by atoms with van der Waals surface area (Å²) >= 11 is 0. The summed E-state index contributed by atoms with van der Waals surface area (Å²) in [6.07, 6.45) is 6.32. The summed E-state index contributed by atoms with van der Waals surface area (Å²) in [6, 6.07) is 1.88. The molecule has 1 aromatic rings. The molecular weight excluding hydrogens is 252 g/mol. The lowest BCUT2D eigenvalue weighted by Gasteiger charge is -2.25. The van der Waals surface area contributed by atoms with Gasteiger partial charge in [-0.15, -0.1) is 0 Å². The summed E-state index contributed by atoms with van der Waals surface area (Å²) in [5, 5.41) is 3.26. The van der Waals surface area contributed by atoms with Crippen LogP contribution in [-0.2, 0) is 16.6 Å². The Bertz CT molecular complexity index is 450. The molecule has 1 aliphatic heterocycles. The third kappa shape index (κ3) is 3.57. The minimum absolute atomic E-state index is 0.0931. The number of piperidine rings is 1. The van der Waals surface area contributed by atoms with Gasteiger partial charge in [-0.3, -0.25) is 0 Å². The molecule has 1 aliphatic rings. The summed E-state index contributed by atoms with van der Waals surface area (Å²) in [5.74, 6) is 0.182. The lowest BCUT2D eigenvalue weighted by molar-refractivity contribution is 0.407. The van der Waals surface area contributed by atoms with Crippen molar-refractivity contribution in [2.45, 2.75) is 31.8 Å². The Labute approximate surface area is 108 Å². The smallest absolute Gasteiger partial charge is 0.215 e. The zero-order chi connectivity index (χ0) is 13.0. The van der Waals surface area contributed by atoms with Crippen molar-refractivity contribution in [2.75, 3.05) is 19.3 Å². The van der Waals surface area contributed by atoms with Gasteiger partial charge in [-0.1, -0.05) is 6.42 Å². The van der Waals surface area contributed by atoms with Crippen LogP contribution in [0.2, 0.25) is 0 Å². The van der Waals surface area contributed by atoms with Gasteiger partial charge in [-0.2, -0.15) is 0 Å². The van der Waals surface area contributed by atoms with E-state index in [1.807, 2.05) is 0 Å². The number of rotatable bonds is 5. The fourth-order valence-corrected chi connectivity index (χ4v) is 3.58. The number of nitrogens with one attached hydrogen (secondary N) is 1. The van der Waals surface area contributed by atoms with E-state index in [2.05, 4.69) is 5.32 Å². The SMILES string of the molecule is CN(Cc1ccoc1)S(=O)(=O)CC1CCCCN1. The first-order valence-corrected chi connectivity index (χ1v) is 7.87. The van der Waals surface area contributed by atoms with Gasteiger partial charge in [0, 0.05) is 25.2 Å². The van der Waals surface area contributed by atoms with Gasteiger partial charge < -0.3 is 9.73 Å². The Morgan fingerprint density at radius 2 is 2.33 bits per heavy atom. The maximum Gasteiger partial charge on any atom is 0.215 e. The van der Waals surface area contributed by atoms with Crippen LogP contribution in [0.3, 0.4) is 0 Å². The molecule has 102 valence electrons. The second-order valence-electron chi connectivity index (χ2n) is 4.81. The summed E-state index contributed by atoms with van der Waals surface area (Å²) in [5.41, 5.74) is 0.873. The Morgan fingerprint density at radius 1 is 1.50 bits per heavy atom. The average molecular weight is 272 g/mol. The van der Waals surface area contributed by atoms with Gasteiger partial charge >= 0.3 is 0 Å². The lowest BCUT2D eigenvalue weighted by atomic mass is 10.1. The fourth-order valence-electron chi connectivity index (χ4n) is 2.19. The predicted octanol–water partition coefficient (Wildman–Crippen LogP) is 1.18. The number of nitrogens with zero attached hydrogens (tertiary/aromatic N) is 1. The van der Waals surface area contributed by atoms with E-state index in [0.29, 0.717) is 6.54 Å². The van der Waals surface area contributed by atoms with Gasteiger partial charge in [-0.25, -0.2) is 12.7 Å². The summed E-state index contributed by atoms with van der Waals surface area (Å²) in [6.45, 7) is 1.29. The van der Waals surface area contributed by atoms with E-state index in [1.54, 1.807) is 25.6 Å². The van der Waals surface area contributed by atoms with Crippen molar-refractivity contribution < 1.29 is 12.8 Å². The van der Waals surface area contributed by atoms with Gasteiger partial charge in [0.2, 0.25) is 10.0 Å². The first-order chi connectivity index (χ1) is 8.58. The van der Waals surface area contributed by atoms with Crippen LogP contribution in [0.5, 0.6) is 0 Å². The molecule has 1 aromatic heterocycles. The van der Waals surface area contributed by atoms with Crippen LogP contribution in [0.15, 0.2) is 23.0 Å². The van der Waals surface area contributed by atoms with E-state index >= 15 is 0 Å². The third-order valence-corrected chi connectivity index (χ3v) is 5.19. The van der Waals surface area contributed by atoms with Gasteiger partial charge in [0.05, 0.1) is 18.3 Å². The van der Waals surface area contributed by atoms with Crippen LogP contribution in [0.4, 0.5) is 0 Å². The molecule has 0 saturated carbocycles. The molecule has 0 amide bonds. The van der Waals surface area contributed by atoms with Crippen molar-refractivity contribution in [2.24, 2.45) is 0 Å². The van der Waals surface area contributed by atoms with Crippen LogP contribution in [0.25, 0.3) is 0 Å². The summed E-state index contributed by atoms with van der Waals surface area (Å²) in [4.78, 5) is 0. The minimum atomic E-state index is -3.21. The topological polar surface area (TPSA) is 62.6 Å². The average Bonchev–Trinajstić information content (AvgIpc) is 2.82. The lowest BCUT2D eigenvalue weighted by Crippen LogP contribution is -2.42. The number of sulfonamides is 1. The quantitative estimate of drug-likeness (QED) is 0.874. The van der Waals surface area contributed by atoms with Crippen molar-refractivity contribution in [1.82, 2.24) is 9.62 Å². The monoisotopic (exact) mass is 272 g/mol. The molecule has 18 heavy (non-hydrogen) atoms. The van der Waals surface area contributed by atoms with E-state index in [-0.39, 0.29) is 11.8 Å². The zero-order valence-electron chi connectivity index (χ0n) is 10.6. The summed E-state index contributed by atoms with van der Waals surface area (Å²) in [7, 11) is -1.59. The van der Waals surface area contributed by atoms with Crippen LogP contribution in [0.1, 0.15) is 24.8 Å². The highest BCUT2D eigenvalue weighted by molar-refractivity contribution is 7.89. The van der Waals surface area contributed by atoms with Crippen molar-refractivity contribution in [1.29, 1.82) is 0 Å². The van der Waals surface area contributed by atoms with Gasteiger partial charge in [0.1, 0.15) is 0 Å². The largest absolute Gasteiger partial charge is 0.472 e. The fraction of sp³-hybridized carbons (Fsp3) is 0.667. The molecule has 1 unspecified atom stereocenters. The molecule has 0 bridgehead atoms. The van der Waals surface area contributed by atoms with Crippen LogP contribution in [0, 0.1) is 0 Å². The molecule has 2 heterocycles. The van der Waals surface area contributed by atoms with E-state index in [1.165, 1.54) is 4.31 Å². The highest BCUT2D eigenvalue weighted by Gasteiger charge is 2.24. The van der Waals surface area contributed by atoms with E-state index in [9.17, 15) is 8.42 Å². The molecule has 6 heteroatoms. The first-order valence-electron chi connectivity index (χ1n) is 6.26. The molecule has 2 rings (SSSR count). The van der Waals surface area contributed by atoms with E-state index in [0.717, 1.165) is 31.4 Å². The van der Waals surface area contributed by atoms with Gasteiger partial charge in [0.15, 0.2) is 0 Å². The summed E-state index contributed by atoms with van der Waals surface area (Å²) < 4.78 is 30.7. The molecule has 0 spiro atoms. The molecule has 1 N–H and O–H groups in total. The Kier molecular flexibility index (Phi) is 4.42. The van der Waals surface area contributed by atoms with Crippen LogP contribution < -0.4 is 5.32 Å². The second-order valence-corrected chi connectivity index (χ2v) is 6.93. The number of furan rings is 1. The van der Waals surface area contributed by atoms with E-state index < -0.39 is 10.0 Å². The minimum Gasteiger partial charge on any atom is -0.472 e. The van der Waals surface area contributed by atoms with Gasteiger partial charge in [-0.05, 0) is 25.5 Å². The standard InChI is InChI=1S/C12H20N2O3S/c1-14(8-11-5-7-17-9-11)18(15,16)10-12-4-2-3-6-13-12/h5,7,9,12-13H,2-4,6,8,10H2,1H3. The third-order valence-electron chi connectivity index (χ3n) is 3.28. The maximum atomic E-state index is 12.2. The Hall–Kier alpha value is -0.850. The van der Waals surface area contributed by atoms with Crippen molar-refractivity contribution >= 4 is 10.0 Å². The van der Waals surface area contributed by atoms with Crippen LogP contribution >= 0.6 is 0 Å². The molecule has 1 atom stereocenters. The predicted molar refractivity (Wildman–Crippen MR) is 69.6 cm³/mol. The van der Waals surface area contributed by atoms with Crippen molar-refractivity contribution in [3.8, 4) is 0 Å². The molecular formula is C12H20N2O3S. The Balaban J connectivity index is 1.92. The molecule has 1 saturated heterocycles. The van der Waals surface area contributed by atoms with Crippen molar-refractivity contribution in [3.05, 3.63) is 24.2 Å². The normalized spacial score (nSPS) is 21.3. The number of hydrogen-bond donors (Lipinski definition) is 1. The van der Waals surface area contributed by atoms with Crippen LogP contribution in [-0.4, -0.2) is 38.1 Å². The highest BCUT2D eigenvalue weighted by atomic mass is 32.2.